The molecule has 0 rings (SSSR count). The van der Waals surface area contributed by atoms with E-state index < -0.39 is 13.9 Å². The molecule has 8 nitrogen and oxygen atoms in total. The van der Waals surface area contributed by atoms with Gasteiger partial charge in [0.05, 0.1) is 19.8 Å². The van der Waals surface area contributed by atoms with Crippen molar-refractivity contribution in [3.8, 4) is 0 Å². The predicted octanol–water partition coefficient (Wildman–Crippen LogP) is 11.0. The Hall–Kier alpha value is -0.500. The third-order valence-electron chi connectivity index (χ3n) is 8.52. The van der Waals surface area contributed by atoms with Crippen LogP contribution in [0.2, 0.25) is 0 Å². The maximum atomic E-state index is 12.5. The van der Waals surface area contributed by atoms with Crippen LogP contribution in [0.5, 0.6) is 0 Å². The normalized spacial score (nSPS) is 13.6. The van der Waals surface area contributed by atoms with Crippen LogP contribution < -0.4 is 5.73 Å². The van der Waals surface area contributed by atoms with E-state index in [1.807, 2.05) is 0 Å². The number of nitrogens with two attached hydrogens (primary N) is 1. The van der Waals surface area contributed by atoms with Crippen molar-refractivity contribution in [2.75, 3.05) is 33.0 Å². The van der Waals surface area contributed by atoms with E-state index in [2.05, 4.69) is 13.8 Å². The first kappa shape index (κ1) is 45.5. The van der Waals surface area contributed by atoms with Gasteiger partial charge in [0.1, 0.15) is 6.10 Å². The molecule has 3 N–H and O–H groups in total. The van der Waals surface area contributed by atoms with Crippen molar-refractivity contribution in [1.29, 1.82) is 0 Å². The third kappa shape index (κ3) is 34.8. The summed E-state index contributed by atoms with van der Waals surface area (Å²) < 4.78 is 33.3. The number of unbranched alkanes of at least 4 members (excludes halogenated alkanes) is 25. The lowest BCUT2D eigenvalue weighted by atomic mass is 10.0. The van der Waals surface area contributed by atoms with Crippen LogP contribution in [0, 0.1) is 0 Å². The van der Waals surface area contributed by atoms with Crippen LogP contribution in [-0.4, -0.2) is 49.9 Å². The highest BCUT2D eigenvalue weighted by atomic mass is 31.2. The fraction of sp³-hybridized carbons (Fsp3) is 0.973. The van der Waals surface area contributed by atoms with Gasteiger partial charge in [0, 0.05) is 19.6 Å². The Morgan fingerprint density at radius 2 is 0.957 bits per heavy atom. The molecule has 0 amide bonds. The smallest absolute Gasteiger partial charge is 0.457 e. The maximum absolute atomic E-state index is 12.5. The fourth-order valence-electron chi connectivity index (χ4n) is 5.64. The van der Waals surface area contributed by atoms with E-state index in [1.54, 1.807) is 0 Å². The second-order valence-electron chi connectivity index (χ2n) is 13.2. The van der Waals surface area contributed by atoms with Gasteiger partial charge in [-0.25, -0.2) is 4.57 Å². The highest BCUT2D eigenvalue weighted by Gasteiger charge is 2.25. The molecule has 0 aliphatic rings. The first-order valence-electron chi connectivity index (χ1n) is 19.5. The number of rotatable bonds is 38. The summed E-state index contributed by atoms with van der Waals surface area (Å²) >= 11 is 0. The number of ether oxygens (including phenoxy) is 2. The molecule has 276 valence electrons. The lowest BCUT2D eigenvalue weighted by Gasteiger charge is -2.20. The zero-order valence-corrected chi connectivity index (χ0v) is 31.2. The highest BCUT2D eigenvalue weighted by molar-refractivity contribution is 7.47. The minimum atomic E-state index is -4.26. The third-order valence-corrected chi connectivity index (χ3v) is 9.51. The van der Waals surface area contributed by atoms with Gasteiger partial charge in [0.2, 0.25) is 0 Å². The van der Waals surface area contributed by atoms with Gasteiger partial charge in [-0.1, -0.05) is 174 Å². The summed E-state index contributed by atoms with van der Waals surface area (Å²) in [6.07, 6.45) is 34.0. The Kier molecular flexibility index (Phi) is 35.4. The highest BCUT2D eigenvalue weighted by Crippen LogP contribution is 2.43. The van der Waals surface area contributed by atoms with Crippen molar-refractivity contribution in [2.24, 2.45) is 5.73 Å². The zero-order valence-electron chi connectivity index (χ0n) is 30.3. The minimum absolute atomic E-state index is 0.0904. The number of esters is 1. The van der Waals surface area contributed by atoms with Crippen molar-refractivity contribution < 1.29 is 32.8 Å². The van der Waals surface area contributed by atoms with Crippen LogP contribution >= 0.6 is 7.82 Å². The van der Waals surface area contributed by atoms with Crippen LogP contribution in [0.1, 0.15) is 194 Å². The quantitative estimate of drug-likeness (QED) is 0.0377. The van der Waals surface area contributed by atoms with E-state index in [1.165, 1.54) is 141 Å². The number of phosphoric ester groups is 1. The molecule has 0 aromatic heterocycles. The molecule has 2 unspecified atom stereocenters. The molecule has 2 atom stereocenters. The fourth-order valence-corrected chi connectivity index (χ4v) is 6.41. The molecular weight excluding hydrogens is 601 g/mol. The van der Waals surface area contributed by atoms with Crippen molar-refractivity contribution >= 4 is 13.8 Å². The topological polar surface area (TPSA) is 117 Å². The second-order valence-corrected chi connectivity index (χ2v) is 14.6. The number of phosphoric acid groups is 1. The first-order valence-corrected chi connectivity index (χ1v) is 21.0. The summed E-state index contributed by atoms with van der Waals surface area (Å²) in [5.74, 6) is -0.328. The molecule has 0 heterocycles. The molecule has 0 aliphatic carbocycles. The Morgan fingerprint density at radius 3 is 1.37 bits per heavy atom. The zero-order chi connectivity index (χ0) is 33.8. The van der Waals surface area contributed by atoms with Crippen LogP contribution in [0.15, 0.2) is 0 Å². The number of hydrogen-bond acceptors (Lipinski definition) is 7. The van der Waals surface area contributed by atoms with Crippen LogP contribution in [-0.2, 0) is 27.9 Å². The monoisotopic (exact) mass is 678 g/mol. The van der Waals surface area contributed by atoms with E-state index in [-0.39, 0.29) is 32.3 Å². The van der Waals surface area contributed by atoms with Gasteiger partial charge in [-0.15, -0.1) is 0 Å². The summed E-state index contributed by atoms with van der Waals surface area (Å²) in [5, 5.41) is 0. The molecule has 9 heteroatoms. The van der Waals surface area contributed by atoms with Gasteiger partial charge in [-0.05, 0) is 12.8 Å². The van der Waals surface area contributed by atoms with Gasteiger partial charge < -0.3 is 20.1 Å². The molecule has 0 aliphatic heterocycles. The number of hydrogen-bond donors (Lipinski definition) is 2. The van der Waals surface area contributed by atoms with Crippen LogP contribution in [0.3, 0.4) is 0 Å². The van der Waals surface area contributed by atoms with Crippen molar-refractivity contribution in [3.05, 3.63) is 0 Å². The predicted molar refractivity (Wildman–Crippen MR) is 192 cm³/mol. The van der Waals surface area contributed by atoms with Gasteiger partial charge in [0.15, 0.2) is 0 Å². The summed E-state index contributed by atoms with van der Waals surface area (Å²) in [7, 11) is -4.26. The lowest BCUT2D eigenvalue weighted by Crippen LogP contribution is -2.28. The molecule has 0 saturated heterocycles. The molecule has 0 aromatic carbocycles. The summed E-state index contributed by atoms with van der Waals surface area (Å²) in [4.78, 5) is 22.3. The number of carbonyl (C=O) groups excluding carboxylic acids is 1. The average molecular weight is 678 g/mol. The summed E-state index contributed by atoms with van der Waals surface area (Å²) in [6.45, 7) is 4.95. The van der Waals surface area contributed by atoms with E-state index in [0.29, 0.717) is 13.0 Å². The Balaban J connectivity index is 4.01. The Bertz CT molecular complexity index is 682. The number of carbonyl (C=O) groups is 1. The standard InChI is InChI=1S/C37H76NO7P/c1-3-5-7-9-11-13-15-16-17-18-19-21-23-25-27-29-32-42-34-36(35-44-46(40,41)43-33-31-38)45-37(39)30-28-26-24-22-20-14-12-10-8-6-4-2/h36H,3-35,38H2,1-2H3,(H,40,41). The molecule has 0 spiro atoms. The molecule has 0 fully saturated rings. The lowest BCUT2D eigenvalue weighted by molar-refractivity contribution is -0.154. The first-order chi connectivity index (χ1) is 22.4. The molecule has 46 heavy (non-hydrogen) atoms. The average Bonchev–Trinajstić information content (AvgIpc) is 3.04. The Labute approximate surface area is 284 Å². The van der Waals surface area contributed by atoms with Crippen molar-refractivity contribution in [3.63, 3.8) is 0 Å². The van der Waals surface area contributed by atoms with Gasteiger partial charge in [-0.2, -0.15) is 0 Å². The van der Waals surface area contributed by atoms with E-state index in [9.17, 15) is 14.3 Å². The Morgan fingerprint density at radius 1 is 0.565 bits per heavy atom. The molecule has 0 saturated carbocycles. The minimum Gasteiger partial charge on any atom is -0.457 e. The maximum Gasteiger partial charge on any atom is 0.472 e. The molecule has 0 bridgehead atoms. The van der Waals surface area contributed by atoms with E-state index in [0.717, 1.165) is 32.1 Å². The van der Waals surface area contributed by atoms with E-state index in [4.69, 9.17) is 24.3 Å². The summed E-state index contributed by atoms with van der Waals surface area (Å²) in [5.41, 5.74) is 5.35. The van der Waals surface area contributed by atoms with Gasteiger partial charge >= 0.3 is 13.8 Å². The molecule has 0 radical (unpaired) electrons. The molecule has 0 aromatic rings. The second kappa shape index (κ2) is 35.8. The SMILES string of the molecule is CCCCCCCCCCCCCCCCCCOCC(COP(=O)(O)OCCN)OC(=O)CCCCCCCCCCCCC. The summed E-state index contributed by atoms with van der Waals surface area (Å²) in [6, 6.07) is 0. The van der Waals surface area contributed by atoms with Crippen molar-refractivity contribution in [2.45, 2.75) is 200 Å². The van der Waals surface area contributed by atoms with Gasteiger partial charge in [-0.3, -0.25) is 13.8 Å². The molecular formula is C37H76NO7P. The van der Waals surface area contributed by atoms with Crippen LogP contribution in [0.4, 0.5) is 0 Å². The van der Waals surface area contributed by atoms with Crippen molar-refractivity contribution in [1.82, 2.24) is 0 Å². The van der Waals surface area contributed by atoms with E-state index >= 15 is 0 Å². The largest absolute Gasteiger partial charge is 0.472 e. The van der Waals surface area contributed by atoms with Gasteiger partial charge in [0.25, 0.3) is 0 Å². The van der Waals surface area contributed by atoms with Crippen LogP contribution in [0.25, 0.3) is 0 Å².